The molecule has 5 nitrogen and oxygen atoms in total. The van der Waals surface area contributed by atoms with Crippen molar-refractivity contribution in [2.45, 2.75) is 38.1 Å². The van der Waals surface area contributed by atoms with Gasteiger partial charge >= 0.3 is 6.03 Å². The molecule has 1 aromatic rings. The first-order valence-corrected chi connectivity index (χ1v) is 9.45. The lowest BCUT2D eigenvalue weighted by molar-refractivity contribution is 0.0828. The summed E-state index contributed by atoms with van der Waals surface area (Å²) >= 11 is 0. The van der Waals surface area contributed by atoms with Crippen molar-refractivity contribution < 1.29 is 4.79 Å². The summed E-state index contributed by atoms with van der Waals surface area (Å²) in [5.74, 6) is 1.93. The van der Waals surface area contributed by atoms with Crippen LogP contribution in [0.4, 0.5) is 4.79 Å². The van der Waals surface area contributed by atoms with Gasteiger partial charge in [-0.15, -0.1) is 0 Å². The van der Waals surface area contributed by atoms with E-state index < -0.39 is 0 Å². The van der Waals surface area contributed by atoms with Crippen molar-refractivity contribution in [2.75, 3.05) is 32.7 Å². The zero-order chi connectivity index (χ0) is 16.4. The van der Waals surface area contributed by atoms with Gasteiger partial charge in [0.05, 0.1) is 0 Å². The van der Waals surface area contributed by atoms with Gasteiger partial charge in [-0.2, -0.15) is 0 Å². The van der Waals surface area contributed by atoms with Crippen LogP contribution in [0.25, 0.3) is 0 Å². The lowest BCUT2D eigenvalue weighted by atomic mass is 9.93. The molecule has 3 fully saturated rings. The summed E-state index contributed by atoms with van der Waals surface area (Å²) in [5, 5.41) is 3.05. The fourth-order valence-electron chi connectivity index (χ4n) is 4.89. The second-order valence-electron chi connectivity index (χ2n) is 7.61. The van der Waals surface area contributed by atoms with Gasteiger partial charge < -0.3 is 10.2 Å². The molecule has 0 radical (unpaired) electrons. The molecule has 0 spiro atoms. The van der Waals surface area contributed by atoms with Gasteiger partial charge in [-0.05, 0) is 49.1 Å². The molecule has 3 atom stereocenters. The number of urea groups is 1. The number of hydrogen-bond acceptors (Lipinski definition) is 3. The Morgan fingerprint density at radius 3 is 2.75 bits per heavy atom. The Balaban J connectivity index is 1.19. The predicted molar refractivity (Wildman–Crippen MR) is 93.7 cm³/mol. The van der Waals surface area contributed by atoms with E-state index in [9.17, 15) is 4.79 Å². The van der Waals surface area contributed by atoms with Gasteiger partial charge in [0.25, 0.3) is 0 Å². The molecular weight excluding hydrogens is 300 g/mol. The number of amides is 2. The maximum absolute atomic E-state index is 12.3. The second-order valence-corrected chi connectivity index (χ2v) is 7.61. The van der Waals surface area contributed by atoms with Crippen molar-refractivity contribution in [3.8, 4) is 0 Å². The van der Waals surface area contributed by atoms with Gasteiger partial charge in [0, 0.05) is 51.2 Å². The maximum atomic E-state index is 12.3. The van der Waals surface area contributed by atoms with Crippen molar-refractivity contribution in [2.24, 2.45) is 11.8 Å². The summed E-state index contributed by atoms with van der Waals surface area (Å²) in [4.78, 5) is 21.1. The van der Waals surface area contributed by atoms with E-state index in [0.29, 0.717) is 6.54 Å². The summed E-state index contributed by atoms with van der Waals surface area (Å²) < 4.78 is 0. The predicted octanol–water partition coefficient (Wildman–Crippen LogP) is 2.14. The molecule has 24 heavy (non-hydrogen) atoms. The van der Waals surface area contributed by atoms with Gasteiger partial charge in [-0.3, -0.25) is 9.88 Å². The summed E-state index contributed by atoms with van der Waals surface area (Å²) in [5.41, 5.74) is 1.17. The first kappa shape index (κ1) is 15.9. The molecule has 2 saturated carbocycles. The molecule has 2 aliphatic carbocycles. The normalized spacial score (nSPS) is 29.8. The number of nitrogens with one attached hydrogen (secondary N) is 1. The van der Waals surface area contributed by atoms with Crippen LogP contribution in [0.5, 0.6) is 0 Å². The lowest BCUT2D eigenvalue weighted by Crippen LogP contribution is -2.55. The monoisotopic (exact) mass is 328 g/mol. The Labute approximate surface area is 144 Å². The highest BCUT2D eigenvalue weighted by atomic mass is 16.2. The lowest BCUT2D eigenvalue weighted by Gasteiger charge is -2.41. The van der Waals surface area contributed by atoms with E-state index in [0.717, 1.165) is 50.5 Å². The molecule has 2 amide bonds. The fourth-order valence-corrected chi connectivity index (χ4v) is 4.89. The number of carbonyl (C=O) groups excluding carboxylic acids is 1. The Morgan fingerprint density at radius 2 is 2.08 bits per heavy atom. The molecule has 0 unspecified atom stereocenters. The minimum absolute atomic E-state index is 0.0893. The van der Waals surface area contributed by atoms with Gasteiger partial charge in [-0.1, -0.05) is 12.5 Å². The van der Waals surface area contributed by atoms with Crippen molar-refractivity contribution in [1.29, 1.82) is 0 Å². The van der Waals surface area contributed by atoms with Crippen LogP contribution in [0.1, 0.15) is 31.2 Å². The Bertz CT molecular complexity index is 556. The van der Waals surface area contributed by atoms with Gasteiger partial charge in [-0.25, -0.2) is 4.79 Å². The van der Waals surface area contributed by atoms with Crippen LogP contribution in [0.2, 0.25) is 0 Å². The highest BCUT2D eigenvalue weighted by molar-refractivity contribution is 5.74. The SMILES string of the molecule is O=C(NCCc1cccnc1)N1CCN([C@@H]2C[C@H]3CC[C@H]2C3)CC1. The molecule has 0 aromatic carbocycles. The van der Waals surface area contributed by atoms with Crippen LogP contribution in [0.3, 0.4) is 0 Å². The number of pyridine rings is 1. The van der Waals surface area contributed by atoms with E-state index >= 15 is 0 Å². The standard InChI is InChI=1S/C19H28N4O/c24-19(21-7-5-15-2-1-6-20-14-15)23-10-8-22(9-11-23)18-13-16-3-4-17(18)12-16/h1-2,6,14,16-18H,3-5,7-13H2,(H,21,24)/t16-,17-,18+/m0/s1. The van der Waals surface area contributed by atoms with Crippen LogP contribution >= 0.6 is 0 Å². The molecule has 1 aliphatic heterocycles. The number of carbonyl (C=O) groups is 1. The Hall–Kier alpha value is -1.62. The minimum atomic E-state index is 0.0893. The van der Waals surface area contributed by atoms with Crippen LogP contribution in [0, 0.1) is 11.8 Å². The zero-order valence-corrected chi connectivity index (χ0v) is 14.4. The Kier molecular flexibility index (Phi) is 4.69. The molecule has 130 valence electrons. The number of piperazine rings is 1. The number of fused-ring (bicyclic) bond motifs is 2. The topological polar surface area (TPSA) is 48.5 Å². The molecule has 2 bridgehead atoms. The zero-order valence-electron chi connectivity index (χ0n) is 14.4. The smallest absolute Gasteiger partial charge is 0.317 e. The van der Waals surface area contributed by atoms with E-state index in [1.54, 1.807) is 6.20 Å². The molecule has 4 rings (SSSR count). The second kappa shape index (κ2) is 7.09. The first-order valence-electron chi connectivity index (χ1n) is 9.45. The van der Waals surface area contributed by atoms with Crippen molar-refractivity contribution in [3.05, 3.63) is 30.1 Å². The molecule has 1 aromatic heterocycles. The third kappa shape index (κ3) is 3.41. The average Bonchev–Trinajstić information content (AvgIpc) is 3.26. The van der Waals surface area contributed by atoms with E-state index in [2.05, 4.69) is 15.2 Å². The van der Waals surface area contributed by atoms with Crippen LogP contribution < -0.4 is 5.32 Å². The molecule has 5 heteroatoms. The highest BCUT2D eigenvalue weighted by Crippen LogP contribution is 2.46. The number of rotatable bonds is 4. The third-order valence-electron chi connectivity index (χ3n) is 6.18. The van der Waals surface area contributed by atoms with E-state index in [1.165, 1.54) is 31.2 Å². The molecule has 3 aliphatic rings. The highest BCUT2D eigenvalue weighted by Gasteiger charge is 2.42. The summed E-state index contributed by atoms with van der Waals surface area (Å²) in [7, 11) is 0. The van der Waals surface area contributed by atoms with E-state index in [4.69, 9.17) is 0 Å². The first-order chi connectivity index (χ1) is 11.8. The number of nitrogens with zero attached hydrogens (tertiary/aromatic N) is 3. The van der Waals surface area contributed by atoms with E-state index in [-0.39, 0.29) is 6.03 Å². The largest absolute Gasteiger partial charge is 0.338 e. The average molecular weight is 328 g/mol. The van der Waals surface area contributed by atoms with Crippen LogP contribution in [-0.2, 0) is 6.42 Å². The minimum Gasteiger partial charge on any atom is -0.338 e. The third-order valence-corrected chi connectivity index (χ3v) is 6.18. The molecular formula is C19H28N4O. The fraction of sp³-hybridized carbons (Fsp3) is 0.684. The van der Waals surface area contributed by atoms with Gasteiger partial charge in [0.1, 0.15) is 0 Å². The summed E-state index contributed by atoms with van der Waals surface area (Å²) in [6, 6.07) is 4.88. The van der Waals surface area contributed by atoms with Crippen molar-refractivity contribution in [1.82, 2.24) is 20.1 Å². The van der Waals surface area contributed by atoms with Crippen LogP contribution in [0.15, 0.2) is 24.5 Å². The van der Waals surface area contributed by atoms with Crippen LogP contribution in [-0.4, -0.2) is 59.6 Å². The summed E-state index contributed by atoms with van der Waals surface area (Å²) in [6.07, 6.45) is 10.2. The quantitative estimate of drug-likeness (QED) is 0.921. The van der Waals surface area contributed by atoms with Gasteiger partial charge in [0.2, 0.25) is 0 Å². The van der Waals surface area contributed by atoms with Crippen molar-refractivity contribution >= 4 is 6.03 Å². The van der Waals surface area contributed by atoms with E-state index in [1.807, 2.05) is 23.2 Å². The van der Waals surface area contributed by atoms with Gasteiger partial charge in [0.15, 0.2) is 0 Å². The molecule has 2 heterocycles. The number of hydrogen-bond donors (Lipinski definition) is 1. The van der Waals surface area contributed by atoms with Crippen molar-refractivity contribution in [3.63, 3.8) is 0 Å². The maximum Gasteiger partial charge on any atom is 0.317 e. The summed E-state index contributed by atoms with van der Waals surface area (Å²) in [6.45, 7) is 4.50. The number of aromatic nitrogens is 1. The molecule has 1 saturated heterocycles. The molecule has 1 N–H and O–H groups in total. The Morgan fingerprint density at radius 1 is 1.21 bits per heavy atom.